The number of nitrogens with one attached hydrogen (secondary N) is 1. The van der Waals surface area contributed by atoms with Crippen molar-refractivity contribution < 1.29 is 14.7 Å². The normalized spacial score (nSPS) is 17.0. The number of anilines is 1. The van der Waals surface area contributed by atoms with Gasteiger partial charge in [-0.2, -0.15) is 0 Å². The fourth-order valence-corrected chi connectivity index (χ4v) is 1.63. The number of amides is 1. The number of carboxylic acid groups (broad SMARTS) is 1. The molecule has 0 saturated heterocycles. The third kappa shape index (κ3) is 2.26. The van der Waals surface area contributed by atoms with Gasteiger partial charge in [-0.15, -0.1) is 0 Å². The smallest absolute Gasteiger partial charge is 0.354 e. The summed E-state index contributed by atoms with van der Waals surface area (Å²) in [5.74, 6) is -1.34. The molecule has 1 aromatic heterocycles. The quantitative estimate of drug-likeness (QED) is 0.711. The number of nitrogens with two attached hydrogens (primary N) is 1. The van der Waals surface area contributed by atoms with Crippen molar-refractivity contribution in [3.8, 4) is 0 Å². The fourth-order valence-electron chi connectivity index (χ4n) is 1.63. The predicted octanol–water partition coefficient (Wildman–Crippen LogP) is 0.600. The molecule has 1 aliphatic rings. The van der Waals surface area contributed by atoms with E-state index in [0.29, 0.717) is 18.5 Å². The molecule has 6 heteroatoms. The number of hydrogen-bond acceptors (Lipinski definition) is 4. The molecule has 4 N–H and O–H groups in total. The highest BCUT2D eigenvalue weighted by atomic mass is 16.4. The van der Waals surface area contributed by atoms with E-state index >= 15 is 0 Å². The Bertz CT molecular complexity index is 452. The third-order valence-electron chi connectivity index (χ3n) is 2.94. The monoisotopic (exact) mass is 235 g/mol. The summed E-state index contributed by atoms with van der Waals surface area (Å²) in [4.78, 5) is 26.0. The van der Waals surface area contributed by atoms with Crippen molar-refractivity contribution in [3.63, 3.8) is 0 Å². The standard InChI is InChI=1S/C11H13N3O3/c12-11(4-1-5-11)10(17)14-7-2-3-8(9(15)16)13-6-7/h2-3,6H,1,4-5,12H2,(H,14,17)(H,15,16). The maximum atomic E-state index is 11.8. The van der Waals surface area contributed by atoms with Crippen LogP contribution in [0.3, 0.4) is 0 Å². The molecule has 90 valence electrons. The SMILES string of the molecule is NC1(C(=O)Nc2ccc(C(=O)O)nc2)CCC1. The summed E-state index contributed by atoms with van der Waals surface area (Å²) in [6.45, 7) is 0. The van der Waals surface area contributed by atoms with Crippen LogP contribution in [-0.2, 0) is 4.79 Å². The summed E-state index contributed by atoms with van der Waals surface area (Å²) in [5, 5.41) is 11.3. The molecular weight excluding hydrogens is 222 g/mol. The van der Waals surface area contributed by atoms with Crippen molar-refractivity contribution in [3.05, 3.63) is 24.0 Å². The molecule has 0 atom stereocenters. The van der Waals surface area contributed by atoms with E-state index in [-0.39, 0.29) is 11.6 Å². The van der Waals surface area contributed by atoms with Crippen molar-refractivity contribution in [1.29, 1.82) is 0 Å². The largest absolute Gasteiger partial charge is 0.477 e. The third-order valence-corrected chi connectivity index (χ3v) is 2.94. The minimum atomic E-state index is -1.10. The van der Waals surface area contributed by atoms with Gasteiger partial charge in [-0.3, -0.25) is 4.79 Å². The number of carbonyl (C=O) groups excluding carboxylic acids is 1. The Morgan fingerprint density at radius 3 is 2.53 bits per heavy atom. The van der Waals surface area contributed by atoms with Crippen LogP contribution in [0.2, 0.25) is 0 Å². The molecule has 0 aliphatic heterocycles. The van der Waals surface area contributed by atoms with Crippen LogP contribution >= 0.6 is 0 Å². The average molecular weight is 235 g/mol. The van der Waals surface area contributed by atoms with Gasteiger partial charge < -0.3 is 16.2 Å². The summed E-state index contributed by atoms with van der Waals surface area (Å²) >= 11 is 0. The molecule has 17 heavy (non-hydrogen) atoms. The predicted molar refractivity (Wildman–Crippen MR) is 60.6 cm³/mol. The van der Waals surface area contributed by atoms with Crippen molar-refractivity contribution in [2.75, 3.05) is 5.32 Å². The minimum absolute atomic E-state index is 0.0610. The van der Waals surface area contributed by atoms with Gasteiger partial charge in [0.15, 0.2) is 0 Å². The van der Waals surface area contributed by atoms with Crippen molar-refractivity contribution >= 4 is 17.6 Å². The number of aromatic nitrogens is 1. The lowest BCUT2D eigenvalue weighted by molar-refractivity contribution is -0.123. The molecule has 1 heterocycles. The summed E-state index contributed by atoms with van der Waals surface area (Å²) < 4.78 is 0. The zero-order valence-electron chi connectivity index (χ0n) is 9.14. The molecule has 1 aromatic rings. The molecule has 1 fully saturated rings. The van der Waals surface area contributed by atoms with E-state index in [2.05, 4.69) is 10.3 Å². The van der Waals surface area contributed by atoms with Gasteiger partial charge in [0.2, 0.25) is 5.91 Å². The summed E-state index contributed by atoms with van der Waals surface area (Å²) in [5.41, 5.74) is 5.47. The lowest BCUT2D eigenvalue weighted by Gasteiger charge is -2.36. The molecule has 6 nitrogen and oxygen atoms in total. The topological polar surface area (TPSA) is 105 Å². The number of hydrogen-bond donors (Lipinski definition) is 3. The van der Waals surface area contributed by atoms with Gasteiger partial charge in [0.1, 0.15) is 5.69 Å². The zero-order valence-corrected chi connectivity index (χ0v) is 9.14. The van der Waals surface area contributed by atoms with Crippen molar-refractivity contribution in [2.24, 2.45) is 5.73 Å². The van der Waals surface area contributed by atoms with Crippen LogP contribution < -0.4 is 11.1 Å². The summed E-state index contributed by atoms with van der Waals surface area (Å²) in [6, 6.07) is 2.83. The minimum Gasteiger partial charge on any atom is -0.477 e. The van der Waals surface area contributed by atoms with Crippen LogP contribution in [0, 0.1) is 0 Å². The first-order valence-electron chi connectivity index (χ1n) is 5.31. The van der Waals surface area contributed by atoms with Crippen LogP contribution in [0.5, 0.6) is 0 Å². The number of carbonyl (C=O) groups is 2. The Morgan fingerprint density at radius 1 is 1.41 bits per heavy atom. The number of aromatic carboxylic acids is 1. The fraction of sp³-hybridized carbons (Fsp3) is 0.364. The Morgan fingerprint density at radius 2 is 2.12 bits per heavy atom. The van der Waals surface area contributed by atoms with E-state index in [1.54, 1.807) is 0 Å². The molecule has 1 saturated carbocycles. The van der Waals surface area contributed by atoms with Crippen LogP contribution in [0.1, 0.15) is 29.8 Å². The summed E-state index contributed by atoms with van der Waals surface area (Å²) in [6.07, 6.45) is 3.63. The lowest BCUT2D eigenvalue weighted by Crippen LogP contribution is -2.56. The highest BCUT2D eigenvalue weighted by Crippen LogP contribution is 2.30. The maximum absolute atomic E-state index is 11.8. The Hall–Kier alpha value is -1.95. The van der Waals surface area contributed by atoms with Gasteiger partial charge in [0, 0.05) is 0 Å². The molecule has 0 radical (unpaired) electrons. The molecule has 0 unspecified atom stereocenters. The second-order valence-electron chi connectivity index (χ2n) is 4.20. The molecular formula is C11H13N3O3. The second kappa shape index (κ2) is 4.14. The molecule has 1 aliphatic carbocycles. The molecule has 0 spiro atoms. The molecule has 2 rings (SSSR count). The van der Waals surface area contributed by atoms with E-state index in [9.17, 15) is 9.59 Å². The Kier molecular flexibility index (Phi) is 2.81. The number of rotatable bonds is 3. The van der Waals surface area contributed by atoms with Gasteiger partial charge in [0.05, 0.1) is 17.4 Å². The maximum Gasteiger partial charge on any atom is 0.354 e. The van der Waals surface area contributed by atoms with Crippen LogP contribution in [0.4, 0.5) is 5.69 Å². The van der Waals surface area contributed by atoms with E-state index < -0.39 is 11.5 Å². The Balaban J connectivity index is 2.04. The van der Waals surface area contributed by atoms with E-state index in [0.717, 1.165) is 6.42 Å². The lowest BCUT2D eigenvalue weighted by atomic mass is 9.77. The first-order valence-corrected chi connectivity index (χ1v) is 5.31. The van der Waals surface area contributed by atoms with E-state index in [1.165, 1.54) is 18.3 Å². The molecule has 0 aromatic carbocycles. The number of nitrogens with zero attached hydrogens (tertiary/aromatic N) is 1. The average Bonchev–Trinajstić information content (AvgIpc) is 2.26. The number of carboxylic acids is 1. The van der Waals surface area contributed by atoms with Gasteiger partial charge in [-0.05, 0) is 31.4 Å². The van der Waals surface area contributed by atoms with Gasteiger partial charge in [-0.25, -0.2) is 9.78 Å². The van der Waals surface area contributed by atoms with Gasteiger partial charge >= 0.3 is 5.97 Å². The van der Waals surface area contributed by atoms with E-state index in [4.69, 9.17) is 10.8 Å². The van der Waals surface area contributed by atoms with E-state index in [1.807, 2.05) is 0 Å². The van der Waals surface area contributed by atoms with Crippen molar-refractivity contribution in [2.45, 2.75) is 24.8 Å². The highest BCUT2D eigenvalue weighted by molar-refractivity contribution is 5.98. The van der Waals surface area contributed by atoms with Gasteiger partial charge in [-0.1, -0.05) is 0 Å². The second-order valence-corrected chi connectivity index (χ2v) is 4.20. The number of pyridine rings is 1. The first-order chi connectivity index (χ1) is 8.01. The zero-order chi connectivity index (χ0) is 12.5. The van der Waals surface area contributed by atoms with Gasteiger partial charge in [0.25, 0.3) is 0 Å². The van der Waals surface area contributed by atoms with Crippen LogP contribution in [0.15, 0.2) is 18.3 Å². The molecule has 1 amide bonds. The van der Waals surface area contributed by atoms with Crippen LogP contribution in [0.25, 0.3) is 0 Å². The highest BCUT2D eigenvalue weighted by Gasteiger charge is 2.40. The Labute approximate surface area is 97.8 Å². The van der Waals surface area contributed by atoms with Crippen LogP contribution in [-0.4, -0.2) is 27.5 Å². The van der Waals surface area contributed by atoms with Crippen molar-refractivity contribution in [1.82, 2.24) is 4.98 Å². The summed E-state index contributed by atoms with van der Waals surface area (Å²) in [7, 11) is 0. The molecule has 0 bridgehead atoms. The first kappa shape index (κ1) is 11.5.